The Balaban J connectivity index is 1.78. The second-order valence-electron chi connectivity index (χ2n) is 7.28. The number of esters is 1. The maximum absolute atomic E-state index is 12.4. The summed E-state index contributed by atoms with van der Waals surface area (Å²) in [5.74, 6) is 1.08. The van der Waals surface area contributed by atoms with Gasteiger partial charge in [0.25, 0.3) is 0 Å². The summed E-state index contributed by atoms with van der Waals surface area (Å²) >= 11 is 0. The van der Waals surface area contributed by atoms with Crippen LogP contribution in [0.25, 0.3) is 0 Å². The number of carbonyl (C=O) groups is 1. The van der Waals surface area contributed by atoms with Crippen molar-refractivity contribution in [2.75, 3.05) is 23.8 Å². The molecule has 2 aliphatic rings. The number of hydrogen-bond donors (Lipinski definition) is 2. The molecule has 1 aromatic heterocycles. The van der Waals surface area contributed by atoms with Gasteiger partial charge in [-0.25, -0.2) is 9.78 Å². The monoisotopic (exact) mass is 319 g/mol. The molecular formula is C17H25N3O3. The summed E-state index contributed by atoms with van der Waals surface area (Å²) in [5, 5.41) is 6.70. The van der Waals surface area contributed by atoms with E-state index in [-0.39, 0.29) is 12.0 Å². The first-order valence-electron chi connectivity index (χ1n) is 8.25. The number of hydrogen-bond acceptors (Lipinski definition) is 6. The van der Waals surface area contributed by atoms with Crippen LogP contribution in [0.4, 0.5) is 11.6 Å². The number of anilines is 2. The molecule has 23 heavy (non-hydrogen) atoms. The van der Waals surface area contributed by atoms with Crippen molar-refractivity contribution in [2.45, 2.75) is 57.7 Å². The van der Waals surface area contributed by atoms with Crippen LogP contribution in [0.15, 0.2) is 12.1 Å². The molecule has 0 amide bonds. The molecule has 1 saturated carbocycles. The van der Waals surface area contributed by atoms with Crippen molar-refractivity contribution < 1.29 is 14.3 Å². The van der Waals surface area contributed by atoms with Gasteiger partial charge in [0.2, 0.25) is 0 Å². The second-order valence-corrected chi connectivity index (χ2v) is 7.28. The highest BCUT2D eigenvalue weighted by Gasteiger charge is 2.23. The zero-order valence-electron chi connectivity index (χ0n) is 14.0. The SMILES string of the molecule is CC(C)(C)OC(=O)c1cc(NC2CCC2)nc(NC2COC2)c1. The first kappa shape index (κ1) is 16.1. The predicted molar refractivity (Wildman–Crippen MR) is 88.9 cm³/mol. The normalized spacial score (nSPS) is 18.7. The molecule has 0 spiro atoms. The lowest BCUT2D eigenvalue weighted by molar-refractivity contribution is 0.00694. The Morgan fingerprint density at radius 2 is 1.78 bits per heavy atom. The molecule has 2 heterocycles. The van der Waals surface area contributed by atoms with Gasteiger partial charge in [-0.05, 0) is 52.2 Å². The van der Waals surface area contributed by atoms with Crippen molar-refractivity contribution >= 4 is 17.6 Å². The van der Waals surface area contributed by atoms with E-state index in [0.717, 1.165) is 18.7 Å². The van der Waals surface area contributed by atoms with Gasteiger partial charge in [-0.15, -0.1) is 0 Å². The lowest BCUT2D eigenvalue weighted by Crippen LogP contribution is -2.40. The summed E-state index contributed by atoms with van der Waals surface area (Å²) in [5.41, 5.74) is -0.00313. The highest BCUT2D eigenvalue weighted by atomic mass is 16.6. The van der Waals surface area contributed by atoms with E-state index < -0.39 is 5.60 Å². The highest BCUT2D eigenvalue weighted by molar-refractivity contribution is 5.91. The minimum Gasteiger partial charge on any atom is -0.456 e. The van der Waals surface area contributed by atoms with Crippen LogP contribution in [0.3, 0.4) is 0 Å². The Morgan fingerprint density at radius 1 is 1.17 bits per heavy atom. The summed E-state index contributed by atoms with van der Waals surface area (Å²) in [7, 11) is 0. The molecule has 0 unspecified atom stereocenters. The maximum atomic E-state index is 12.4. The van der Waals surface area contributed by atoms with E-state index in [0.29, 0.717) is 30.6 Å². The zero-order valence-corrected chi connectivity index (χ0v) is 14.0. The van der Waals surface area contributed by atoms with Gasteiger partial charge < -0.3 is 20.1 Å². The minimum atomic E-state index is -0.517. The largest absolute Gasteiger partial charge is 0.456 e. The van der Waals surface area contributed by atoms with E-state index >= 15 is 0 Å². The van der Waals surface area contributed by atoms with E-state index in [1.165, 1.54) is 6.42 Å². The van der Waals surface area contributed by atoms with Gasteiger partial charge in [-0.1, -0.05) is 0 Å². The van der Waals surface area contributed by atoms with E-state index in [9.17, 15) is 4.79 Å². The molecule has 1 aliphatic carbocycles. The molecule has 6 heteroatoms. The molecule has 2 fully saturated rings. The van der Waals surface area contributed by atoms with E-state index in [1.54, 1.807) is 12.1 Å². The van der Waals surface area contributed by atoms with Crippen LogP contribution in [0, 0.1) is 0 Å². The van der Waals surface area contributed by atoms with Crippen LogP contribution in [0.2, 0.25) is 0 Å². The summed E-state index contributed by atoms with van der Waals surface area (Å²) in [6.07, 6.45) is 3.54. The first-order chi connectivity index (χ1) is 10.9. The van der Waals surface area contributed by atoms with Gasteiger partial charge in [0.15, 0.2) is 0 Å². The zero-order chi connectivity index (χ0) is 16.4. The molecule has 1 aromatic rings. The van der Waals surface area contributed by atoms with Crippen molar-refractivity contribution in [1.29, 1.82) is 0 Å². The molecule has 0 atom stereocenters. The van der Waals surface area contributed by atoms with Crippen LogP contribution in [-0.2, 0) is 9.47 Å². The Hall–Kier alpha value is -1.82. The van der Waals surface area contributed by atoms with Crippen molar-refractivity contribution in [1.82, 2.24) is 4.98 Å². The number of ether oxygens (including phenoxy) is 2. The Morgan fingerprint density at radius 3 is 2.22 bits per heavy atom. The predicted octanol–water partition coefficient (Wildman–Crippen LogP) is 2.81. The average molecular weight is 319 g/mol. The molecule has 0 bridgehead atoms. The fourth-order valence-corrected chi connectivity index (χ4v) is 2.42. The van der Waals surface area contributed by atoms with Gasteiger partial charge in [0.05, 0.1) is 24.8 Å². The number of carbonyl (C=O) groups excluding carboxylic acids is 1. The fraction of sp³-hybridized carbons (Fsp3) is 0.647. The highest BCUT2D eigenvalue weighted by Crippen LogP contribution is 2.25. The average Bonchev–Trinajstić information content (AvgIpc) is 2.36. The van der Waals surface area contributed by atoms with Crippen LogP contribution in [0.1, 0.15) is 50.4 Å². The summed E-state index contributed by atoms with van der Waals surface area (Å²) < 4.78 is 10.7. The van der Waals surface area contributed by atoms with Crippen LogP contribution >= 0.6 is 0 Å². The number of nitrogens with zero attached hydrogens (tertiary/aromatic N) is 1. The van der Waals surface area contributed by atoms with Gasteiger partial charge in [0, 0.05) is 6.04 Å². The van der Waals surface area contributed by atoms with E-state index in [2.05, 4.69) is 15.6 Å². The van der Waals surface area contributed by atoms with Crippen LogP contribution < -0.4 is 10.6 Å². The quantitative estimate of drug-likeness (QED) is 0.813. The lowest BCUT2D eigenvalue weighted by Gasteiger charge is -2.29. The lowest BCUT2D eigenvalue weighted by atomic mass is 9.93. The Labute approximate surface area is 137 Å². The van der Waals surface area contributed by atoms with Crippen LogP contribution in [0.5, 0.6) is 0 Å². The third-order valence-corrected chi connectivity index (χ3v) is 3.91. The Kier molecular flexibility index (Phi) is 4.43. The maximum Gasteiger partial charge on any atom is 0.338 e. The van der Waals surface area contributed by atoms with Crippen LogP contribution in [-0.4, -0.2) is 41.9 Å². The molecule has 1 aliphatic heterocycles. The molecule has 6 nitrogen and oxygen atoms in total. The van der Waals surface area contributed by atoms with E-state index in [1.807, 2.05) is 20.8 Å². The fourth-order valence-electron chi connectivity index (χ4n) is 2.42. The van der Waals surface area contributed by atoms with Gasteiger partial charge in [0.1, 0.15) is 17.2 Å². The molecule has 2 N–H and O–H groups in total. The van der Waals surface area contributed by atoms with Crippen molar-refractivity contribution in [2.24, 2.45) is 0 Å². The number of nitrogens with one attached hydrogen (secondary N) is 2. The van der Waals surface area contributed by atoms with E-state index in [4.69, 9.17) is 9.47 Å². The standard InChI is InChI=1S/C17H25N3O3/c1-17(2,3)23-16(21)11-7-14(18-12-5-4-6-12)20-15(8-11)19-13-9-22-10-13/h7-8,12-13H,4-6,9-10H2,1-3H3,(H2,18,19,20). The Bertz CT molecular complexity index is 541. The van der Waals surface area contributed by atoms with Crippen molar-refractivity contribution in [3.8, 4) is 0 Å². The molecular weight excluding hydrogens is 294 g/mol. The number of aromatic nitrogens is 1. The molecule has 1 saturated heterocycles. The third-order valence-electron chi connectivity index (χ3n) is 3.91. The van der Waals surface area contributed by atoms with Crippen molar-refractivity contribution in [3.63, 3.8) is 0 Å². The number of rotatable bonds is 5. The third kappa shape index (κ3) is 4.34. The summed E-state index contributed by atoms with van der Waals surface area (Å²) in [4.78, 5) is 16.9. The molecule has 0 radical (unpaired) electrons. The van der Waals surface area contributed by atoms with Gasteiger partial charge >= 0.3 is 5.97 Å². The van der Waals surface area contributed by atoms with Gasteiger partial charge in [-0.3, -0.25) is 0 Å². The number of pyridine rings is 1. The summed E-state index contributed by atoms with van der Waals surface area (Å²) in [6.45, 7) is 6.94. The first-order valence-corrected chi connectivity index (χ1v) is 8.25. The smallest absolute Gasteiger partial charge is 0.338 e. The minimum absolute atomic E-state index is 0.257. The topological polar surface area (TPSA) is 72.5 Å². The van der Waals surface area contributed by atoms with Gasteiger partial charge in [-0.2, -0.15) is 0 Å². The second kappa shape index (κ2) is 6.35. The molecule has 0 aromatic carbocycles. The summed E-state index contributed by atoms with van der Waals surface area (Å²) in [6, 6.07) is 4.23. The van der Waals surface area contributed by atoms with Crippen molar-refractivity contribution in [3.05, 3.63) is 17.7 Å². The molecule has 3 rings (SSSR count). The molecule has 126 valence electrons.